The summed E-state index contributed by atoms with van der Waals surface area (Å²) in [7, 11) is 2.60. The van der Waals surface area contributed by atoms with Crippen molar-refractivity contribution in [2.24, 2.45) is 0 Å². The first-order valence-corrected chi connectivity index (χ1v) is 6.87. The average molecular weight is 280 g/mol. The Bertz CT molecular complexity index is 356. The highest BCUT2D eigenvalue weighted by Crippen LogP contribution is 2.06. The molecule has 0 aliphatic rings. The van der Waals surface area contributed by atoms with Gasteiger partial charge in [-0.3, -0.25) is 0 Å². The lowest BCUT2D eigenvalue weighted by Crippen LogP contribution is -2.04. The van der Waals surface area contributed by atoms with Crippen molar-refractivity contribution in [3.05, 3.63) is 35.4 Å². The van der Waals surface area contributed by atoms with Crippen LogP contribution in [0.3, 0.4) is 0 Å². The molecule has 0 saturated carbocycles. The van der Waals surface area contributed by atoms with Crippen LogP contribution in [0.25, 0.3) is 0 Å². The fourth-order valence-corrected chi connectivity index (χ4v) is 1.48. The van der Waals surface area contributed by atoms with Crippen molar-refractivity contribution in [3.63, 3.8) is 0 Å². The van der Waals surface area contributed by atoms with Crippen molar-refractivity contribution in [2.45, 2.75) is 39.5 Å². The lowest BCUT2D eigenvalue weighted by molar-refractivity contribution is 0.0586. The Morgan fingerprint density at radius 3 is 1.30 bits per heavy atom. The maximum Gasteiger partial charge on any atom is 0.337 e. The summed E-state index contributed by atoms with van der Waals surface area (Å²) >= 11 is 0. The SMILES string of the molecule is CCCCCC.COC(=O)c1ccc(C(=O)OC)cc1. The van der Waals surface area contributed by atoms with E-state index in [2.05, 4.69) is 23.3 Å². The topological polar surface area (TPSA) is 52.6 Å². The minimum Gasteiger partial charge on any atom is -0.465 e. The lowest BCUT2D eigenvalue weighted by Gasteiger charge is -2.00. The summed E-state index contributed by atoms with van der Waals surface area (Å²) in [5.41, 5.74) is 0.806. The fraction of sp³-hybridized carbons (Fsp3) is 0.500. The van der Waals surface area contributed by atoms with Crippen molar-refractivity contribution in [3.8, 4) is 0 Å². The van der Waals surface area contributed by atoms with E-state index < -0.39 is 11.9 Å². The molecule has 4 nitrogen and oxygen atoms in total. The highest BCUT2D eigenvalue weighted by atomic mass is 16.5. The standard InChI is InChI=1S/C10H10O4.C6H14/c1-13-9(11)7-3-5-8(6-4-7)10(12)14-2;1-3-5-6-4-2/h3-6H,1-2H3;3-6H2,1-2H3. The maximum atomic E-state index is 11.0. The third-order valence-corrected chi connectivity index (χ3v) is 2.68. The van der Waals surface area contributed by atoms with Gasteiger partial charge >= 0.3 is 11.9 Å². The second-order valence-electron chi connectivity index (χ2n) is 4.27. The Morgan fingerprint density at radius 2 is 1.10 bits per heavy atom. The summed E-state index contributed by atoms with van der Waals surface area (Å²) in [6, 6.07) is 6.05. The number of unbranched alkanes of at least 4 members (excludes halogenated alkanes) is 3. The van der Waals surface area contributed by atoms with Gasteiger partial charge in [-0.05, 0) is 24.3 Å². The summed E-state index contributed by atoms with van der Waals surface area (Å²) in [6.45, 7) is 4.46. The van der Waals surface area contributed by atoms with E-state index in [0.29, 0.717) is 11.1 Å². The van der Waals surface area contributed by atoms with E-state index in [1.165, 1.54) is 64.2 Å². The molecule has 0 spiro atoms. The zero-order chi connectivity index (χ0) is 15.4. The van der Waals surface area contributed by atoms with Gasteiger partial charge in [-0.2, -0.15) is 0 Å². The van der Waals surface area contributed by atoms with Crippen LogP contribution in [0.4, 0.5) is 0 Å². The van der Waals surface area contributed by atoms with Gasteiger partial charge in [0, 0.05) is 0 Å². The molecule has 0 aliphatic carbocycles. The number of ether oxygens (including phenoxy) is 2. The van der Waals surface area contributed by atoms with Crippen LogP contribution in [0, 0.1) is 0 Å². The minimum absolute atomic E-state index is 0.403. The number of benzene rings is 1. The van der Waals surface area contributed by atoms with Gasteiger partial charge in [0.15, 0.2) is 0 Å². The maximum absolute atomic E-state index is 11.0. The van der Waals surface area contributed by atoms with Crippen LogP contribution < -0.4 is 0 Å². The second kappa shape index (κ2) is 11.0. The molecular weight excluding hydrogens is 256 g/mol. The molecule has 0 aromatic heterocycles. The smallest absolute Gasteiger partial charge is 0.337 e. The van der Waals surface area contributed by atoms with Gasteiger partial charge in [0.25, 0.3) is 0 Å². The molecule has 1 rings (SSSR count). The van der Waals surface area contributed by atoms with Gasteiger partial charge in [0.2, 0.25) is 0 Å². The number of carbonyl (C=O) groups excluding carboxylic acids is 2. The number of carbonyl (C=O) groups is 2. The molecule has 1 aromatic carbocycles. The van der Waals surface area contributed by atoms with Gasteiger partial charge in [-0.25, -0.2) is 9.59 Å². The molecule has 20 heavy (non-hydrogen) atoms. The van der Waals surface area contributed by atoms with E-state index in [1.807, 2.05) is 0 Å². The first-order chi connectivity index (χ1) is 9.60. The fourth-order valence-electron chi connectivity index (χ4n) is 1.48. The molecule has 4 heteroatoms. The number of hydrogen-bond donors (Lipinski definition) is 0. The van der Waals surface area contributed by atoms with Crippen molar-refractivity contribution in [1.29, 1.82) is 0 Å². The Balaban J connectivity index is 0.000000511. The van der Waals surface area contributed by atoms with Gasteiger partial charge in [-0.1, -0.05) is 39.5 Å². The molecule has 0 N–H and O–H groups in total. The number of hydrogen-bond acceptors (Lipinski definition) is 4. The zero-order valence-electron chi connectivity index (χ0n) is 12.8. The Hall–Kier alpha value is -1.84. The molecule has 0 aliphatic heterocycles. The van der Waals surface area contributed by atoms with Crippen LogP contribution >= 0.6 is 0 Å². The van der Waals surface area contributed by atoms with Crippen LogP contribution in [-0.4, -0.2) is 26.2 Å². The minimum atomic E-state index is -0.429. The second-order valence-corrected chi connectivity index (χ2v) is 4.27. The third-order valence-electron chi connectivity index (χ3n) is 2.68. The molecule has 0 saturated heterocycles. The van der Waals surface area contributed by atoms with E-state index >= 15 is 0 Å². The number of rotatable bonds is 5. The van der Waals surface area contributed by atoms with Crippen LogP contribution in [0.1, 0.15) is 60.2 Å². The van der Waals surface area contributed by atoms with Crippen molar-refractivity contribution in [1.82, 2.24) is 0 Å². The van der Waals surface area contributed by atoms with Crippen LogP contribution in [-0.2, 0) is 9.47 Å². The van der Waals surface area contributed by atoms with E-state index in [1.54, 1.807) is 0 Å². The van der Waals surface area contributed by atoms with Gasteiger partial charge in [0.05, 0.1) is 25.3 Å². The first-order valence-electron chi connectivity index (χ1n) is 6.87. The molecular formula is C16H24O4. The highest BCUT2D eigenvalue weighted by molar-refractivity contribution is 5.93. The largest absolute Gasteiger partial charge is 0.465 e. The number of esters is 2. The predicted octanol–water partition coefficient (Wildman–Crippen LogP) is 3.85. The van der Waals surface area contributed by atoms with Crippen LogP contribution in [0.5, 0.6) is 0 Å². The Kier molecular flexibility index (Phi) is 10.0. The van der Waals surface area contributed by atoms with Crippen molar-refractivity contribution in [2.75, 3.05) is 14.2 Å². The molecule has 0 bridgehead atoms. The molecule has 1 aromatic rings. The average Bonchev–Trinajstić information content (AvgIpc) is 2.52. The van der Waals surface area contributed by atoms with E-state index in [4.69, 9.17) is 0 Å². The molecule has 0 fully saturated rings. The van der Waals surface area contributed by atoms with Gasteiger partial charge < -0.3 is 9.47 Å². The zero-order valence-corrected chi connectivity index (χ0v) is 12.8. The monoisotopic (exact) mass is 280 g/mol. The summed E-state index contributed by atoms with van der Waals surface area (Å²) in [6.07, 6.45) is 5.54. The molecule has 112 valence electrons. The van der Waals surface area contributed by atoms with Crippen LogP contribution in [0.2, 0.25) is 0 Å². The molecule has 0 amide bonds. The number of methoxy groups -OCH3 is 2. The molecule has 0 heterocycles. The first kappa shape index (κ1) is 18.2. The molecule has 0 atom stereocenters. The normalized spacial score (nSPS) is 9.20. The van der Waals surface area contributed by atoms with Crippen molar-refractivity contribution >= 4 is 11.9 Å². The van der Waals surface area contributed by atoms with E-state index in [-0.39, 0.29) is 0 Å². The third kappa shape index (κ3) is 6.92. The molecule has 0 unspecified atom stereocenters. The van der Waals surface area contributed by atoms with Crippen LogP contribution in [0.15, 0.2) is 24.3 Å². The summed E-state index contributed by atoms with van der Waals surface area (Å²) < 4.78 is 9.02. The van der Waals surface area contributed by atoms with Crippen molar-refractivity contribution < 1.29 is 19.1 Å². The van der Waals surface area contributed by atoms with E-state index in [9.17, 15) is 9.59 Å². The highest BCUT2D eigenvalue weighted by Gasteiger charge is 2.08. The quantitative estimate of drug-likeness (QED) is 0.607. The molecule has 0 radical (unpaired) electrons. The lowest BCUT2D eigenvalue weighted by atomic mass is 10.1. The van der Waals surface area contributed by atoms with Gasteiger partial charge in [-0.15, -0.1) is 0 Å². The summed E-state index contributed by atoms with van der Waals surface area (Å²) in [5.74, 6) is -0.858. The van der Waals surface area contributed by atoms with Gasteiger partial charge in [0.1, 0.15) is 0 Å². The Morgan fingerprint density at radius 1 is 0.800 bits per heavy atom. The Labute approximate surface area is 121 Å². The predicted molar refractivity (Wildman–Crippen MR) is 78.9 cm³/mol. The summed E-state index contributed by atoms with van der Waals surface area (Å²) in [5, 5.41) is 0. The summed E-state index contributed by atoms with van der Waals surface area (Å²) in [4.78, 5) is 22.1. The van der Waals surface area contributed by atoms with E-state index in [0.717, 1.165) is 0 Å².